The van der Waals surface area contributed by atoms with E-state index in [2.05, 4.69) is 4.72 Å². The number of ether oxygens (including phenoxy) is 1. The molecule has 0 aliphatic carbocycles. The van der Waals surface area contributed by atoms with E-state index in [1.165, 1.54) is 25.1 Å². The highest BCUT2D eigenvalue weighted by atomic mass is 32.2. The monoisotopic (exact) mass is 429 g/mol. The van der Waals surface area contributed by atoms with Crippen LogP contribution in [0.1, 0.15) is 30.5 Å². The smallest absolute Gasteiger partial charge is 0.336 e. The molecule has 8 heteroatoms. The third-order valence-corrected chi connectivity index (χ3v) is 6.20. The summed E-state index contributed by atoms with van der Waals surface area (Å²) in [6.07, 6.45) is 0.533. The highest BCUT2D eigenvalue weighted by Crippen LogP contribution is 2.30. The molecule has 158 valence electrons. The molecule has 0 bridgehead atoms. The Balaban J connectivity index is 1.89. The van der Waals surface area contributed by atoms with Crippen LogP contribution < -0.4 is 15.1 Å². The Labute approximate surface area is 174 Å². The van der Waals surface area contributed by atoms with Crippen molar-refractivity contribution >= 4 is 27.0 Å². The van der Waals surface area contributed by atoms with Gasteiger partial charge in [0.1, 0.15) is 17.4 Å². The molecule has 1 heterocycles. The maximum absolute atomic E-state index is 12.7. The van der Waals surface area contributed by atoms with Crippen LogP contribution in [-0.4, -0.2) is 20.4 Å². The molecule has 0 aliphatic heterocycles. The summed E-state index contributed by atoms with van der Waals surface area (Å²) in [5.74, 6) is -0.553. The van der Waals surface area contributed by atoms with Crippen LogP contribution in [0.2, 0.25) is 0 Å². The average Bonchev–Trinajstić information content (AvgIpc) is 2.66. The van der Waals surface area contributed by atoms with Gasteiger partial charge in [0.25, 0.3) is 0 Å². The number of carbonyl (C=O) groups is 1. The fourth-order valence-electron chi connectivity index (χ4n) is 3.09. The Morgan fingerprint density at radius 3 is 2.40 bits per heavy atom. The summed E-state index contributed by atoms with van der Waals surface area (Å²) in [6, 6.07) is 9.87. The highest BCUT2D eigenvalue weighted by Gasteiger charge is 2.24. The number of rotatable bonds is 6. The minimum absolute atomic E-state index is 0.0591. The van der Waals surface area contributed by atoms with Crippen LogP contribution in [0.15, 0.2) is 56.6 Å². The van der Waals surface area contributed by atoms with Gasteiger partial charge < -0.3 is 9.15 Å². The number of fused-ring (bicyclic) bond motifs is 1. The summed E-state index contributed by atoms with van der Waals surface area (Å²) < 4.78 is 38.2. The first-order valence-electron chi connectivity index (χ1n) is 9.49. The molecule has 0 saturated heterocycles. The second kappa shape index (κ2) is 8.41. The zero-order valence-corrected chi connectivity index (χ0v) is 18.0. The summed E-state index contributed by atoms with van der Waals surface area (Å²) in [6.45, 7) is 6.91. The van der Waals surface area contributed by atoms with Crippen LogP contribution in [-0.2, 0) is 21.2 Å². The Hall–Kier alpha value is -2.97. The van der Waals surface area contributed by atoms with Gasteiger partial charge in [-0.05, 0) is 62.6 Å². The van der Waals surface area contributed by atoms with Gasteiger partial charge in [-0.1, -0.05) is 24.6 Å². The molecule has 1 atom stereocenters. The quantitative estimate of drug-likeness (QED) is 0.367. The van der Waals surface area contributed by atoms with Crippen molar-refractivity contribution in [2.75, 3.05) is 0 Å². The van der Waals surface area contributed by atoms with Crippen molar-refractivity contribution in [3.63, 3.8) is 0 Å². The Kier molecular flexibility index (Phi) is 6.09. The molecule has 7 nitrogen and oxygen atoms in total. The lowest BCUT2D eigenvalue weighted by Crippen LogP contribution is -2.40. The van der Waals surface area contributed by atoms with E-state index in [4.69, 9.17) is 9.15 Å². The summed E-state index contributed by atoms with van der Waals surface area (Å²) >= 11 is 0. The van der Waals surface area contributed by atoms with E-state index in [1.54, 1.807) is 31.2 Å². The van der Waals surface area contributed by atoms with Gasteiger partial charge in [-0.2, -0.15) is 4.72 Å². The van der Waals surface area contributed by atoms with Crippen molar-refractivity contribution in [1.29, 1.82) is 0 Å². The Morgan fingerprint density at radius 1 is 1.10 bits per heavy atom. The standard InChI is InChI=1S/C22H23NO6S/c1-5-16-12-20(24)28-18-10-14(3)11-19(21(16)18)29-22(25)15(4)23-30(26,27)17-8-6-13(2)7-9-17/h6-12,15,23H,5H2,1-4H3/t15-/m1/s1. The van der Waals surface area contributed by atoms with E-state index >= 15 is 0 Å². The van der Waals surface area contributed by atoms with Crippen LogP contribution in [0.25, 0.3) is 11.0 Å². The minimum Gasteiger partial charge on any atom is -0.425 e. The number of sulfonamides is 1. The van der Waals surface area contributed by atoms with Gasteiger partial charge in [-0.25, -0.2) is 18.0 Å². The lowest BCUT2D eigenvalue weighted by atomic mass is 10.0. The summed E-state index contributed by atoms with van der Waals surface area (Å²) in [4.78, 5) is 24.5. The number of hydrogen-bond acceptors (Lipinski definition) is 6. The van der Waals surface area contributed by atoms with E-state index in [9.17, 15) is 18.0 Å². The number of nitrogens with one attached hydrogen (secondary N) is 1. The zero-order valence-electron chi connectivity index (χ0n) is 17.2. The van der Waals surface area contributed by atoms with Gasteiger partial charge in [0.2, 0.25) is 10.0 Å². The highest BCUT2D eigenvalue weighted by molar-refractivity contribution is 7.89. The SMILES string of the molecule is CCc1cc(=O)oc2cc(C)cc(OC(=O)[C@@H](C)NS(=O)(=O)c3ccc(C)cc3)c12. The van der Waals surface area contributed by atoms with Crippen molar-refractivity contribution in [2.24, 2.45) is 0 Å². The molecule has 0 aliphatic rings. The second-order valence-electron chi connectivity index (χ2n) is 7.16. The summed E-state index contributed by atoms with van der Waals surface area (Å²) in [5, 5.41) is 0.518. The molecule has 3 aromatic rings. The fraction of sp³-hybridized carbons (Fsp3) is 0.273. The predicted molar refractivity (Wildman–Crippen MR) is 113 cm³/mol. The molecule has 30 heavy (non-hydrogen) atoms. The van der Waals surface area contributed by atoms with Crippen molar-refractivity contribution < 1.29 is 22.4 Å². The van der Waals surface area contributed by atoms with Crippen molar-refractivity contribution in [1.82, 2.24) is 4.72 Å². The van der Waals surface area contributed by atoms with Crippen molar-refractivity contribution in [3.8, 4) is 5.75 Å². The number of hydrogen-bond donors (Lipinski definition) is 1. The molecular weight excluding hydrogens is 406 g/mol. The van der Waals surface area contributed by atoms with Crippen LogP contribution in [0, 0.1) is 13.8 Å². The van der Waals surface area contributed by atoms with Crippen molar-refractivity contribution in [3.05, 3.63) is 69.6 Å². The molecule has 0 fully saturated rings. The van der Waals surface area contributed by atoms with E-state index < -0.39 is 27.7 Å². The fourth-order valence-corrected chi connectivity index (χ4v) is 4.28. The zero-order chi connectivity index (χ0) is 22.1. The van der Waals surface area contributed by atoms with Gasteiger partial charge in [-0.3, -0.25) is 0 Å². The average molecular weight is 429 g/mol. The second-order valence-corrected chi connectivity index (χ2v) is 8.87. The molecule has 0 radical (unpaired) electrons. The molecule has 1 N–H and O–H groups in total. The van der Waals surface area contributed by atoms with Gasteiger partial charge in [0.15, 0.2) is 0 Å². The molecule has 3 rings (SSSR count). The third-order valence-electron chi connectivity index (χ3n) is 4.64. The van der Waals surface area contributed by atoms with E-state index in [1.807, 2.05) is 13.8 Å². The molecule has 0 spiro atoms. The van der Waals surface area contributed by atoms with Gasteiger partial charge in [0.05, 0.1) is 10.3 Å². The largest absolute Gasteiger partial charge is 0.425 e. The topological polar surface area (TPSA) is 103 Å². The maximum atomic E-state index is 12.7. The number of aryl methyl sites for hydroxylation is 3. The van der Waals surface area contributed by atoms with E-state index in [-0.39, 0.29) is 10.6 Å². The first kappa shape index (κ1) is 21.7. The normalized spacial score (nSPS) is 12.7. The summed E-state index contributed by atoms with van der Waals surface area (Å²) in [7, 11) is -3.89. The molecule has 2 aromatic carbocycles. The van der Waals surface area contributed by atoms with E-state index in [0.717, 1.165) is 11.1 Å². The Morgan fingerprint density at radius 2 is 1.77 bits per heavy atom. The van der Waals surface area contributed by atoms with Crippen LogP contribution in [0.3, 0.4) is 0 Å². The lowest BCUT2D eigenvalue weighted by Gasteiger charge is -2.16. The number of esters is 1. The molecule has 1 aromatic heterocycles. The molecule has 0 amide bonds. The molecule has 0 saturated carbocycles. The predicted octanol–water partition coefficient (Wildman–Crippen LogP) is 3.24. The number of benzene rings is 2. The minimum atomic E-state index is -3.89. The van der Waals surface area contributed by atoms with Gasteiger partial charge >= 0.3 is 11.6 Å². The first-order chi connectivity index (χ1) is 14.1. The van der Waals surface area contributed by atoms with Crippen molar-refractivity contribution in [2.45, 2.75) is 45.1 Å². The van der Waals surface area contributed by atoms with Crippen LogP contribution in [0.5, 0.6) is 5.75 Å². The maximum Gasteiger partial charge on any atom is 0.336 e. The van der Waals surface area contributed by atoms with E-state index in [0.29, 0.717) is 23.0 Å². The first-order valence-corrected chi connectivity index (χ1v) is 11.0. The number of carbonyl (C=O) groups excluding carboxylic acids is 1. The molecule has 0 unspecified atom stereocenters. The third kappa shape index (κ3) is 4.60. The van der Waals surface area contributed by atoms with Crippen LogP contribution in [0.4, 0.5) is 0 Å². The van der Waals surface area contributed by atoms with Crippen LogP contribution >= 0.6 is 0 Å². The lowest BCUT2D eigenvalue weighted by molar-refractivity contribution is -0.135. The molecular formula is C22H23NO6S. The Bertz CT molecular complexity index is 1260. The van der Waals surface area contributed by atoms with Gasteiger partial charge in [-0.15, -0.1) is 0 Å². The summed E-state index contributed by atoms with van der Waals surface area (Å²) in [5.41, 5.74) is 2.16. The van der Waals surface area contributed by atoms with Gasteiger partial charge in [0, 0.05) is 6.07 Å².